The fraction of sp³-hybridized carbons (Fsp3) is 1.00. The summed E-state index contributed by atoms with van der Waals surface area (Å²) in [7, 11) is 0. The summed E-state index contributed by atoms with van der Waals surface area (Å²) < 4.78 is 0. The van der Waals surface area contributed by atoms with Crippen molar-refractivity contribution < 1.29 is 5.11 Å². The first kappa shape index (κ1) is 13.3. The van der Waals surface area contributed by atoms with Gasteiger partial charge in [0.15, 0.2) is 0 Å². The predicted molar refractivity (Wildman–Crippen MR) is 71.1 cm³/mol. The molecule has 2 N–H and O–H groups in total. The zero-order valence-corrected chi connectivity index (χ0v) is 11.2. The van der Waals surface area contributed by atoms with Crippen molar-refractivity contribution in [3.63, 3.8) is 0 Å². The van der Waals surface area contributed by atoms with Gasteiger partial charge in [-0.1, -0.05) is 19.8 Å². The first-order valence-corrected chi connectivity index (χ1v) is 7.37. The van der Waals surface area contributed by atoms with E-state index in [0.717, 1.165) is 38.0 Å². The van der Waals surface area contributed by atoms with Crippen LogP contribution in [0.4, 0.5) is 0 Å². The Kier molecular flexibility index (Phi) is 5.26. The summed E-state index contributed by atoms with van der Waals surface area (Å²) in [6.45, 7) is 7.19. The first-order valence-electron chi connectivity index (χ1n) is 7.37. The molecule has 1 heterocycles. The number of nitrogens with zero attached hydrogens (tertiary/aromatic N) is 1. The SMILES string of the molecule is CC1CCCC(C(CO)N2CCCNCC2)C1. The lowest BCUT2D eigenvalue weighted by Crippen LogP contribution is -2.46. The Morgan fingerprint density at radius 1 is 1.24 bits per heavy atom. The average Bonchev–Trinajstić information content (AvgIpc) is 2.59. The van der Waals surface area contributed by atoms with E-state index >= 15 is 0 Å². The van der Waals surface area contributed by atoms with Crippen molar-refractivity contribution in [3.8, 4) is 0 Å². The highest BCUT2D eigenvalue weighted by atomic mass is 16.3. The summed E-state index contributed by atoms with van der Waals surface area (Å²) in [5, 5.41) is 13.2. The van der Waals surface area contributed by atoms with E-state index in [4.69, 9.17) is 0 Å². The Hall–Kier alpha value is -0.120. The Labute approximate surface area is 106 Å². The standard InChI is InChI=1S/C14H28N2O/c1-12-4-2-5-13(10-12)14(11-17)16-8-3-6-15-7-9-16/h12-15,17H,2-11H2,1H3. The van der Waals surface area contributed by atoms with Crippen LogP contribution in [-0.2, 0) is 0 Å². The monoisotopic (exact) mass is 240 g/mol. The molecule has 1 saturated carbocycles. The molecule has 3 nitrogen and oxygen atoms in total. The van der Waals surface area contributed by atoms with E-state index < -0.39 is 0 Å². The van der Waals surface area contributed by atoms with E-state index in [1.54, 1.807) is 0 Å². The highest BCUT2D eigenvalue weighted by molar-refractivity contribution is 4.84. The van der Waals surface area contributed by atoms with Crippen molar-refractivity contribution in [2.24, 2.45) is 11.8 Å². The fourth-order valence-electron chi connectivity index (χ4n) is 3.59. The second-order valence-corrected chi connectivity index (χ2v) is 5.92. The third-order valence-electron chi connectivity index (χ3n) is 4.55. The summed E-state index contributed by atoms with van der Waals surface area (Å²) in [5.41, 5.74) is 0. The Morgan fingerprint density at radius 3 is 2.88 bits per heavy atom. The van der Waals surface area contributed by atoms with Crippen LogP contribution in [0.2, 0.25) is 0 Å². The van der Waals surface area contributed by atoms with Crippen LogP contribution in [0, 0.1) is 11.8 Å². The predicted octanol–water partition coefficient (Wildman–Crippen LogP) is 1.47. The smallest absolute Gasteiger partial charge is 0.0589 e. The molecule has 2 fully saturated rings. The molecule has 0 radical (unpaired) electrons. The summed E-state index contributed by atoms with van der Waals surface area (Å²) in [4.78, 5) is 2.53. The van der Waals surface area contributed by atoms with Crippen LogP contribution in [0.25, 0.3) is 0 Å². The molecule has 0 spiro atoms. The van der Waals surface area contributed by atoms with Crippen LogP contribution in [0.15, 0.2) is 0 Å². The van der Waals surface area contributed by atoms with Gasteiger partial charge in [-0.15, -0.1) is 0 Å². The van der Waals surface area contributed by atoms with E-state index in [-0.39, 0.29) is 0 Å². The maximum atomic E-state index is 9.75. The number of nitrogens with one attached hydrogen (secondary N) is 1. The van der Waals surface area contributed by atoms with Crippen molar-refractivity contribution >= 4 is 0 Å². The zero-order valence-electron chi connectivity index (χ0n) is 11.2. The van der Waals surface area contributed by atoms with Gasteiger partial charge in [-0.3, -0.25) is 4.90 Å². The zero-order chi connectivity index (χ0) is 12.1. The molecule has 2 rings (SSSR count). The lowest BCUT2D eigenvalue weighted by atomic mass is 9.78. The molecule has 1 saturated heterocycles. The number of aliphatic hydroxyl groups excluding tert-OH is 1. The number of aliphatic hydroxyl groups is 1. The maximum absolute atomic E-state index is 9.75. The Balaban J connectivity index is 1.93. The number of hydrogen-bond acceptors (Lipinski definition) is 3. The van der Waals surface area contributed by atoms with E-state index in [9.17, 15) is 5.11 Å². The Morgan fingerprint density at radius 2 is 2.12 bits per heavy atom. The molecule has 3 heteroatoms. The number of hydrogen-bond donors (Lipinski definition) is 2. The molecular weight excluding hydrogens is 212 g/mol. The van der Waals surface area contributed by atoms with Gasteiger partial charge in [0.1, 0.15) is 0 Å². The topological polar surface area (TPSA) is 35.5 Å². The molecular formula is C14H28N2O. The third kappa shape index (κ3) is 3.67. The van der Waals surface area contributed by atoms with Crippen LogP contribution in [0.5, 0.6) is 0 Å². The molecule has 2 aliphatic rings. The molecule has 17 heavy (non-hydrogen) atoms. The fourth-order valence-corrected chi connectivity index (χ4v) is 3.59. The quantitative estimate of drug-likeness (QED) is 0.784. The van der Waals surface area contributed by atoms with Crippen molar-refractivity contribution in [2.45, 2.75) is 45.1 Å². The van der Waals surface area contributed by atoms with E-state index in [0.29, 0.717) is 12.6 Å². The molecule has 3 atom stereocenters. The molecule has 0 aromatic carbocycles. The molecule has 3 unspecified atom stereocenters. The average molecular weight is 240 g/mol. The summed E-state index contributed by atoms with van der Waals surface area (Å²) >= 11 is 0. The second kappa shape index (κ2) is 6.72. The molecule has 0 aromatic rings. The highest BCUT2D eigenvalue weighted by Crippen LogP contribution is 2.32. The van der Waals surface area contributed by atoms with Gasteiger partial charge < -0.3 is 10.4 Å². The van der Waals surface area contributed by atoms with Gasteiger partial charge in [0.25, 0.3) is 0 Å². The van der Waals surface area contributed by atoms with Gasteiger partial charge in [0.05, 0.1) is 6.61 Å². The molecule has 0 amide bonds. The van der Waals surface area contributed by atoms with Crippen molar-refractivity contribution in [2.75, 3.05) is 32.8 Å². The third-order valence-corrected chi connectivity index (χ3v) is 4.55. The Bertz CT molecular complexity index is 212. The van der Waals surface area contributed by atoms with Crippen LogP contribution in [-0.4, -0.2) is 48.8 Å². The van der Waals surface area contributed by atoms with Crippen molar-refractivity contribution in [3.05, 3.63) is 0 Å². The summed E-state index contributed by atoms with van der Waals surface area (Å²) in [6.07, 6.45) is 6.60. The van der Waals surface area contributed by atoms with Gasteiger partial charge in [0.2, 0.25) is 0 Å². The van der Waals surface area contributed by atoms with Gasteiger partial charge in [-0.05, 0) is 44.2 Å². The van der Waals surface area contributed by atoms with E-state index in [1.165, 1.54) is 32.1 Å². The molecule has 1 aliphatic carbocycles. The maximum Gasteiger partial charge on any atom is 0.0589 e. The number of rotatable bonds is 3. The normalized spacial score (nSPS) is 34.2. The first-order chi connectivity index (χ1) is 8.31. The van der Waals surface area contributed by atoms with Crippen LogP contribution in [0.1, 0.15) is 39.0 Å². The minimum Gasteiger partial charge on any atom is -0.395 e. The summed E-state index contributed by atoms with van der Waals surface area (Å²) in [6, 6.07) is 0.414. The molecule has 1 aliphatic heterocycles. The van der Waals surface area contributed by atoms with Crippen molar-refractivity contribution in [1.82, 2.24) is 10.2 Å². The summed E-state index contributed by atoms with van der Waals surface area (Å²) in [5.74, 6) is 1.58. The lowest BCUT2D eigenvalue weighted by Gasteiger charge is -2.38. The minimum absolute atomic E-state index is 0.345. The highest BCUT2D eigenvalue weighted by Gasteiger charge is 2.30. The van der Waals surface area contributed by atoms with E-state index in [1.807, 2.05) is 0 Å². The molecule has 0 bridgehead atoms. The minimum atomic E-state index is 0.345. The molecule has 100 valence electrons. The van der Waals surface area contributed by atoms with Crippen molar-refractivity contribution in [1.29, 1.82) is 0 Å². The lowest BCUT2D eigenvalue weighted by molar-refractivity contribution is 0.0598. The molecule has 0 aromatic heterocycles. The van der Waals surface area contributed by atoms with Gasteiger partial charge >= 0.3 is 0 Å². The largest absolute Gasteiger partial charge is 0.395 e. The van der Waals surface area contributed by atoms with Gasteiger partial charge in [-0.25, -0.2) is 0 Å². The van der Waals surface area contributed by atoms with Gasteiger partial charge in [0, 0.05) is 19.1 Å². The second-order valence-electron chi connectivity index (χ2n) is 5.92. The van der Waals surface area contributed by atoms with Crippen LogP contribution < -0.4 is 5.32 Å². The van der Waals surface area contributed by atoms with Crippen LogP contribution >= 0.6 is 0 Å². The van der Waals surface area contributed by atoms with Gasteiger partial charge in [-0.2, -0.15) is 0 Å². The van der Waals surface area contributed by atoms with Crippen LogP contribution in [0.3, 0.4) is 0 Å². The van der Waals surface area contributed by atoms with E-state index in [2.05, 4.69) is 17.1 Å².